The van der Waals surface area contributed by atoms with Crippen LogP contribution in [0.5, 0.6) is 0 Å². The Kier molecular flexibility index (Phi) is 4.29. The Labute approximate surface area is 233 Å². The van der Waals surface area contributed by atoms with Gasteiger partial charge < -0.3 is 13.4 Å². The van der Waals surface area contributed by atoms with Gasteiger partial charge in [-0.2, -0.15) is 5.26 Å². The van der Waals surface area contributed by atoms with Crippen molar-refractivity contribution in [2.45, 2.75) is 0 Å². The van der Waals surface area contributed by atoms with Crippen LogP contribution in [-0.4, -0.2) is 4.57 Å². The summed E-state index contributed by atoms with van der Waals surface area (Å²) in [6.45, 7) is 0. The van der Waals surface area contributed by atoms with Crippen LogP contribution >= 0.6 is 0 Å². The lowest BCUT2D eigenvalue weighted by atomic mass is 10.0. The molecule has 0 atom stereocenters. The molecule has 3 heterocycles. The molecule has 188 valence electrons. The molecule has 4 heteroatoms. The average Bonchev–Trinajstić information content (AvgIpc) is 3.68. The molecule has 0 unspecified atom stereocenters. The lowest BCUT2D eigenvalue weighted by molar-refractivity contribution is 0.656. The minimum atomic E-state index is 0.601. The van der Waals surface area contributed by atoms with Crippen LogP contribution in [0.15, 0.2) is 118 Å². The van der Waals surface area contributed by atoms with Gasteiger partial charge in [-0.25, -0.2) is 0 Å². The summed E-state index contributed by atoms with van der Waals surface area (Å²) in [6.07, 6.45) is 0. The number of benzene rings is 5. The van der Waals surface area contributed by atoms with E-state index in [1.807, 2.05) is 18.2 Å². The van der Waals surface area contributed by atoms with Crippen LogP contribution in [0.3, 0.4) is 0 Å². The maximum atomic E-state index is 9.43. The van der Waals surface area contributed by atoms with Crippen molar-refractivity contribution in [2.24, 2.45) is 0 Å². The molecule has 0 bridgehead atoms. The predicted octanol–water partition coefficient (Wildman–Crippen LogP) is 9.72. The van der Waals surface area contributed by atoms with Crippen molar-refractivity contribution < 1.29 is 8.83 Å². The highest BCUT2D eigenvalue weighted by atomic mass is 16.3. The molecule has 0 saturated heterocycles. The van der Waals surface area contributed by atoms with Crippen molar-refractivity contribution in [2.75, 3.05) is 0 Å². The van der Waals surface area contributed by atoms with Crippen molar-refractivity contribution in [3.05, 3.63) is 127 Å². The van der Waals surface area contributed by atoms with Gasteiger partial charge in [-0.3, -0.25) is 0 Å². The molecule has 3 aromatic heterocycles. The topological polar surface area (TPSA) is 55.0 Å². The zero-order valence-corrected chi connectivity index (χ0v) is 21.6. The molecular weight excluding hydrogens is 504 g/mol. The number of aromatic nitrogens is 1. The quantitative estimate of drug-likeness (QED) is 0.227. The minimum absolute atomic E-state index is 0.601. The van der Waals surface area contributed by atoms with E-state index in [1.165, 1.54) is 10.8 Å². The van der Waals surface area contributed by atoms with Crippen LogP contribution in [0.4, 0.5) is 0 Å². The van der Waals surface area contributed by atoms with Crippen LogP contribution in [0.1, 0.15) is 5.56 Å². The highest BCUT2D eigenvalue weighted by molar-refractivity contribution is 6.15. The number of hydrogen-bond acceptors (Lipinski definition) is 3. The van der Waals surface area contributed by atoms with E-state index in [-0.39, 0.29) is 0 Å². The molecule has 4 nitrogen and oxygen atoms in total. The summed E-state index contributed by atoms with van der Waals surface area (Å²) < 4.78 is 14.6. The Morgan fingerprint density at radius 1 is 0.561 bits per heavy atom. The molecule has 0 aliphatic rings. The van der Waals surface area contributed by atoms with Crippen molar-refractivity contribution in [1.82, 2.24) is 4.57 Å². The van der Waals surface area contributed by atoms with Gasteiger partial charge in [0.15, 0.2) is 5.58 Å². The summed E-state index contributed by atoms with van der Waals surface area (Å²) in [5, 5.41) is 15.7. The highest BCUT2D eigenvalue weighted by Gasteiger charge is 2.17. The molecule has 6 aromatic carbocycles. The zero-order chi connectivity index (χ0) is 27.1. The van der Waals surface area contributed by atoms with E-state index >= 15 is 0 Å². The first kappa shape index (κ1) is 21.9. The van der Waals surface area contributed by atoms with E-state index in [2.05, 4.69) is 108 Å². The lowest BCUT2D eigenvalue weighted by Crippen LogP contribution is -1.96. The van der Waals surface area contributed by atoms with Crippen LogP contribution in [0, 0.1) is 23.5 Å². The van der Waals surface area contributed by atoms with Gasteiger partial charge in [0.25, 0.3) is 0 Å². The van der Waals surface area contributed by atoms with Gasteiger partial charge in [-0.1, -0.05) is 60.7 Å². The number of para-hydroxylation sites is 3. The lowest BCUT2D eigenvalue weighted by Gasteiger charge is -2.13. The fraction of sp³-hybridized carbons (Fsp3) is 0. The Morgan fingerprint density at radius 3 is 2.05 bits per heavy atom. The molecule has 9 rings (SSSR count). The van der Waals surface area contributed by atoms with Gasteiger partial charge in [-0.05, 0) is 54.6 Å². The molecule has 0 fully saturated rings. The van der Waals surface area contributed by atoms with Crippen molar-refractivity contribution in [3.63, 3.8) is 0 Å². The van der Waals surface area contributed by atoms with Crippen molar-refractivity contribution >= 4 is 65.7 Å². The SMILES string of the molecule is N#Cc1ccc2oc3cc4oc5c#cc(-c6ccccc6-n6c7ccccc7c7ccccc76)cc5c4cc3c2c1. The Bertz CT molecular complexity index is 2500. The van der Waals surface area contributed by atoms with Crippen molar-refractivity contribution in [1.29, 1.82) is 5.26 Å². The molecule has 0 N–H and O–H groups in total. The first-order chi connectivity index (χ1) is 20.3. The first-order valence-corrected chi connectivity index (χ1v) is 13.4. The van der Waals surface area contributed by atoms with Gasteiger partial charge in [0.1, 0.15) is 16.7 Å². The van der Waals surface area contributed by atoms with Crippen LogP contribution in [-0.2, 0) is 0 Å². The average molecular weight is 523 g/mol. The number of nitrogens with zero attached hydrogens (tertiary/aromatic N) is 2. The summed E-state index contributed by atoms with van der Waals surface area (Å²) in [5.74, 6) is 0. The third-order valence-corrected chi connectivity index (χ3v) is 8.06. The van der Waals surface area contributed by atoms with E-state index in [9.17, 15) is 5.26 Å². The summed E-state index contributed by atoms with van der Waals surface area (Å²) >= 11 is 0. The molecular formula is C37H18N2O2. The molecule has 0 saturated carbocycles. The van der Waals surface area contributed by atoms with Gasteiger partial charge in [-0.15, -0.1) is 0 Å². The monoisotopic (exact) mass is 522 g/mol. The molecule has 0 aliphatic heterocycles. The Hall–Kier alpha value is -5.97. The van der Waals surface area contributed by atoms with E-state index in [1.54, 1.807) is 6.07 Å². The fourth-order valence-electron chi connectivity index (χ4n) is 6.22. The van der Waals surface area contributed by atoms with Crippen LogP contribution in [0.25, 0.3) is 82.5 Å². The second kappa shape index (κ2) is 8.02. The van der Waals surface area contributed by atoms with E-state index in [0.29, 0.717) is 11.1 Å². The molecule has 0 radical (unpaired) electrons. The Morgan fingerprint density at radius 2 is 1.24 bits per heavy atom. The van der Waals surface area contributed by atoms with E-state index < -0.39 is 0 Å². The first-order valence-electron chi connectivity index (χ1n) is 13.4. The van der Waals surface area contributed by atoms with Gasteiger partial charge in [0.2, 0.25) is 0 Å². The summed E-state index contributed by atoms with van der Waals surface area (Å²) in [7, 11) is 0. The van der Waals surface area contributed by atoms with Gasteiger partial charge in [0.05, 0.1) is 28.4 Å². The van der Waals surface area contributed by atoms with E-state index in [0.717, 1.165) is 66.1 Å². The third kappa shape index (κ3) is 3.05. The standard InChI is InChI=1S/C37H18N2O2/c38-21-22-13-15-34-27(17-22)29-19-30-28-18-23(14-16-35(28)41-37(30)20-36(29)40-34)24-7-1-4-10-31(24)39-32-11-5-2-8-25(32)26-9-3-6-12-33(26)39/h1-13,15,17-20H. The third-order valence-electron chi connectivity index (χ3n) is 8.06. The second-order valence-corrected chi connectivity index (χ2v) is 10.3. The maximum absolute atomic E-state index is 9.43. The van der Waals surface area contributed by atoms with Crippen molar-refractivity contribution in [3.8, 4) is 22.9 Å². The predicted molar refractivity (Wildman–Crippen MR) is 163 cm³/mol. The fourth-order valence-corrected chi connectivity index (χ4v) is 6.22. The normalized spacial score (nSPS) is 11.7. The van der Waals surface area contributed by atoms with Gasteiger partial charge in [0, 0.05) is 49.5 Å². The molecule has 41 heavy (non-hydrogen) atoms. The molecule has 0 amide bonds. The summed E-state index contributed by atoms with van der Waals surface area (Å²) in [5.41, 5.74) is 8.83. The maximum Gasteiger partial charge on any atom is 0.185 e. The summed E-state index contributed by atoms with van der Waals surface area (Å²) in [4.78, 5) is 0. The number of furan rings is 2. The number of hydrogen-bond donors (Lipinski definition) is 0. The smallest absolute Gasteiger partial charge is 0.185 e. The minimum Gasteiger partial charge on any atom is -0.456 e. The highest BCUT2D eigenvalue weighted by Crippen LogP contribution is 2.39. The largest absolute Gasteiger partial charge is 0.456 e. The Balaban J connectivity index is 1.30. The zero-order valence-electron chi connectivity index (χ0n) is 21.6. The number of nitriles is 1. The number of rotatable bonds is 2. The van der Waals surface area contributed by atoms with E-state index in [4.69, 9.17) is 8.83 Å². The molecule has 9 aromatic rings. The van der Waals surface area contributed by atoms with Crippen LogP contribution in [0.2, 0.25) is 0 Å². The molecule has 0 aliphatic carbocycles. The van der Waals surface area contributed by atoms with Gasteiger partial charge >= 0.3 is 0 Å². The second-order valence-electron chi connectivity index (χ2n) is 10.3. The molecule has 0 spiro atoms. The summed E-state index contributed by atoms with van der Waals surface area (Å²) in [6, 6.07) is 46.0. The van der Waals surface area contributed by atoms with Crippen LogP contribution < -0.4 is 0 Å². The number of fused-ring (bicyclic) bond motifs is 9.